The van der Waals surface area contributed by atoms with Gasteiger partial charge in [0.2, 0.25) is 0 Å². The summed E-state index contributed by atoms with van der Waals surface area (Å²) >= 11 is 6.18. The maximum Gasteiger partial charge on any atom is 0.408 e. The molecule has 0 atom stereocenters. The molecule has 28 heavy (non-hydrogen) atoms. The van der Waals surface area contributed by atoms with Gasteiger partial charge < -0.3 is 9.84 Å². The SMILES string of the molecule is CC(C)O[C@H]1CC[C@@H](c2nnc3n2-c2ccc(Cl)cc2CN(C(=O)O)C3)CC1. The Bertz CT molecular complexity index is 874. The van der Waals surface area contributed by atoms with Gasteiger partial charge in [0.25, 0.3) is 0 Å². The van der Waals surface area contributed by atoms with Gasteiger partial charge in [-0.3, -0.25) is 9.47 Å². The van der Waals surface area contributed by atoms with E-state index in [0.29, 0.717) is 17.0 Å². The molecule has 1 aromatic carbocycles. The van der Waals surface area contributed by atoms with Gasteiger partial charge in [-0.2, -0.15) is 0 Å². The molecule has 4 rings (SSSR count). The first-order chi connectivity index (χ1) is 13.4. The highest BCUT2D eigenvalue weighted by Gasteiger charge is 2.31. The minimum absolute atomic E-state index is 0.209. The first-order valence-corrected chi connectivity index (χ1v) is 10.2. The average molecular weight is 405 g/mol. The van der Waals surface area contributed by atoms with Crippen LogP contribution in [0.15, 0.2) is 18.2 Å². The predicted molar refractivity (Wildman–Crippen MR) is 105 cm³/mol. The summed E-state index contributed by atoms with van der Waals surface area (Å²) < 4.78 is 8.01. The topological polar surface area (TPSA) is 80.5 Å². The Morgan fingerprint density at radius 2 is 1.96 bits per heavy atom. The van der Waals surface area contributed by atoms with Gasteiger partial charge in [0.05, 0.1) is 31.0 Å². The van der Waals surface area contributed by atoms with Crippen molar-refractivity contribution in [2.45, 2.75) is 70.7 Å². The highest BCUT2D eigenvalue weighted by Crippen LogP contribution is 2.37. The van der Waals surface area contributed by atoms with Crippen molar-refractivity contribution >= 4 is 17.7 Å². The van der Waals surface area contributed by atoms with Crippen LogP contribution in [0.25, 0.3) is 5.69 Å². The van der Waals surface area contributed by atoms with Crippen LogP contribution in [-0.4, -0.2) is 43.1 Å². The van der Waals surface area contributed by atoms with E-state index in [-0.39, 0.29) is 25.1 Å². The van der Waals surface area contributed by atoms with E-state index in [1.54, 1.807) is 0 Å². The molecule has 1 fully saturated rings. The zero-order chi connectivity index (χ0) is 19.8. The van der Waals surface area contributed by atoms with Crippen molar-refractivity contribution in [1.82, 2.24) is 19.7 Å². The molecule has 0 bridgehead atoms. The highest BCUT2D eigenvalue weighted by molar-refractivity contribution is 6.30. The maximum atomic E-state index is 11.7. The second-order valence-electron chi connectivity index (χ2n) is 7.88. The van der Waals surface area contributed by atoms with Crippen LogP contribution < -0.4 is 0 Å². The number of hydrogen-bond acceptors (Lipinski definition) is 4. The van der Waals surface area contributed by atoms with E-state index >= 15 is 0 Å². The van der Waals surface area contributed by atoms with Crippen molar-refractivity contribution < 1.29 is 14.6 Å². The Morgan fingerprint density at radius 3 is 2.64 bits per heavy atom. The summed E-state index contributed by atoms with van der Waals surface area (Å²) in [6.45, 7) is 4.63. The van der Waals surface area contributed by atoms with Crippen LogP contribution in [0.1, 0.15) is 62.7 Å². The van der Waals surface area contributed by atoms with Gasteiger partial charge in [-0.25, -0.2) is 4.79 Å². The van der Waals surface area contributed by atoms with Crippen molar-refractivity contribution in [3.8, 4) is 5.69 Å². The molecule has 0 saturated heterocycles. The lowest BCUT2D eigenvalue weighted by Gasteiger charge is -2.29. The molecule has 0 radical (unpaired) electrons. The number of amides is 1. The normalized spacial score (nSPS) is 21.9. The van der Waals surface area contributed by atoms with Crippen LogP contribution in [0.3, 0.4) is 0 Å². The predicted octanol–water partition coefficient (Wildman–Crippen LogP) is 4.37. The number of nitrogens with zero attached hydrogens (tertiary/aromatic N) is 4. The van der Waals surface area contributed by atoms with Crippen LogP contribution in [0, 0.1) is 0 Å². The molecule has 1 N–H and O–H groups in total. The average Bonchev–Trinajstić information content (AvgIpc) is 2.97. The van der Waals surface area contributed by atoms with Gasteiger partial charge in [-0.15, -0.1) is 10.2 Å². The molecule has 1 aliphatic carbocycles. The standard InChI is InChI=1S/C20H25ClN4O3/c1-12(2)28-16-6-3-13(4-7-16)19-23-22-18-11-24(20(26)27)10-14-9-15(21)5-8-17(14)25(18)19/h5,8-9,12-13,16H,3-4,6-7,10-11H2,1-2H3,(H,26,27)/t13-,16+. The fraction of sp³-hybridized carbons (Fsp3) is 0.550. The first-order valence-electron chi connectivity index (χ1n) is 9.78. The van der Waals surface area contributed by atoms with Crippen LogP contribution in [0.4, 0.5) is 4.79 Å². The maximum absolute atomic E-state index is 11.7. The number of rotatable bonds is 3. The second kappa shape index (κ2) is 7.72. The van der Waals surface area contributed by atoms with Crippen LogP contribution in [0.5, 0.6) is 0 Å². The molecule has 1 saturated carbocycles. The van der Waals surface area contributed by atoms with Crippen LogP contribution in [0.2, 0.25) is 5.02 Å². The third-order valence-corrected chi connectivity index (χ3v) is 5.74. The summed E-state index contributed by atoms with van der Waals surface area (Å²) in [5, 5.41) is 19.0. The largest absolute Gasteiger partial charge is 0.465 e. The van der Waals surface area contributed by atoms with E-state index in [2.05, 4.69) is 24.0 Å². The molecule has 1 amide bonds. The molecule has 8 heteroatoms. The minimum Gasteiger partial charge on any atom is -0.465 e. The number of halogens is 1. The van der Waals surface area contributed by atoms with Gasteiger partial charge >= 0.3 is 6.09 Å². The first kappa shape index (κ1) is 19.2. The van der Waals surface area contributed by atoms with E-state index in [9.17, 15) is 9.90 Å². The molecular weight excluding hydrogens is 380 g/mol. The molecular formula is C20H25ClN4O3. The summed E-state index contributed by atoms with van der Waals surface area (Å²) in [7, 11) is 0. The molecule has 1 aromatic heterocycles. The van der Waals surface area contributed by atoms with Crippen molar-refractivity contribution in [3.63, 3.8) is 0 Å². The number of ether oxygens (including phenoxy) is 1. The summed E-state index contributed by atoms with van der Waals surface area (Å²) in [5.41, 5.74) is 1.79. The zero-order valence-corrected chi connectivity index (χ0v) is 16.9. The Balaban J connectivity index is 1.67. The van der Waals surface area contributed by atoms with Gasteiger partial charge in [0, 0.05) is 10.9 Å². The summed E-state index contributed by atoms with van der Waals surface area (Å²) in [6.07, 6.45) is 3.54. The fourth-order valence-corrected chi connectivity index (χ4v) is 4.46. The van der Waals surface area contributed by atoms with Gasteiger partial charge in [0.1, 0.15) is 5.82 Å². The van der Waals surface area contributed by atoms with Crippen molar-refractivity contribution in [2.75, 3.05) is 0 Å². The fourth-order valence-electron chi connectivity index (χ4n) is 4.27. The number of aromatic nitrogens is 3. The summed E-state index contributed by atoms with van der Waals surface area (Å²) in [4.78, 5) is 13.0. The van der Waals surface area contributed by atoms with Gasteiger partial charge in [-0.1, -0.05) is 11.6 Å². The monoisotopic (exact) mass is 404 g/mol. The highest BCUT2D eigenvalue weighted by atomic mass is 35.5. The lowest BCUT2D eigenvalue weighted by molar-refractivity contribution is -0.0151. The molecule has 1 aliphatic heterocycles. The van der Waals surface area contributed by atoms with E-state index in [1.165, 1.54) is 4.90 Å². The number of hydrogen-bond donors (Lipinski definition) is 1. The molecule has 150 valence electrons. The van der Waals surface area contributed by atoms with E-state index < -0.39 is 6.09 Å². The number of carboxylic acid groups (broad SMARTS) is 1. The Labute approximate surface area is 169 Å². The quantitative estimate of drug-likeness (QED) is 0.821. The molecule has 0 unspecified atom stereocenters. The minimum atomic E-state index is -0.977. The third kappa shape index (κ3) is 3.73. The number of carbonyl (C=O) groups is 1. The van der Waals surface area contributed by atoms with Gasteiger partial charge in [-0.05, 0) is 63.3 Å². The molecule has 2 heterocycles. The third-order valence-electron chi connectivity index (χ3n) is 5.51. The number of benzene rings is 1. The van der Waals surface area contributed by atoms with E-state index in [0.717, 1.165) is 42.8 Å². The molecule has 2 aliphatic rings. The lowest BCUT2D eigenvalue weighted by atomic mass is 9.86. The number of fused-ring (bicyclic) bond motifs is 3. The van der Waals surface area contributed by atoms with E-state index in [4.69, 9.17) is 16.3 Å². The summed E-state index contributed by atoms with van der Waals surface area (Å²) in [5.74, 6) is 1.85. The Hall–Kier alpha value is -2.12. The van der Waals surface area contributed by atoms with E-state index in [1.807, 2.05) is 22.8 Å². The molecule has 0 spiro atoms. The second-order valence-corrected chi connectivity index (χ2v) is 8.32. The zero-order valence-electron chi connectivity index (χ0n) is 16.1. The Morgan fingerprint density at radius 1 is 1.21 bits per heavy atom. The Kier molecular flexibility index (Phi) is 5.29. The van der Waals surface area contributed by atoms with Crippen molar-refractivity contribution in [1.29, 1.82) is 0 Å². The molecule has 7 nitrogen and oxygen atoms in total. The molecule has 2 aromatic rings. The van der Waals surface area contributed by atoms with Crippen LogP contribution in [-0.2, 0) is 17.8 Å². The lowest BCUT2D eigenvalue weighted by Crippen LogP contribution is -2.28. The van der Waals surface area contributed by atoms with Gasteiger partial charge in [0.15, 0.2) is 5.82 Å². The van der Waals surface area contributed by atoms with Crippen molar-refractivity contribution in [2.24, 2.45) is 0 Å². The van der Waals surface area contributed by atoms with Crippen LogP contribution >= 0.6 is 11.6 Å². The smallest absolute Gasteiger partial charge is 0.408 e. The summed E-state index contributed by atoms with van der Waals surface area (Å²) in [6, 6.07) is 5.60. The van der Waals surface area contributed by atoms with Crippen molar-refractivity contribution in [3.05, 3.63) is 40.4 Å².